The maximum absolute atomic E-state index is 13.9. The summed E-state index contributed by atoms with van der Waals surface area (Å²) in [7, 11) is 1.32. The number of benzene rings is 3. The van der Waals surface area contributed by atoms with Crippen LogP contribution >= 0.6 is 0 Å². The first kappa shape index (κ1) is 33.2. The van der Waals surface area contributed by atoms with Gasteiger partial charge in [0.15, 0.2) is 18.7 Å². The van der Waals surface area contributed by atoms with Gasteiger partial charge in [-0.2, -0.15) is 0 Å². The Morgan fingerprint density at radius 2 is 1.71 bits per heavy atom. The molecular weight excluding hydrogens is 626 g/mol. The van der Waals surface area contributed by atoms with Crippen LogP contribution in [0.15, 0.2) is 48.5 Å². The van der Waals surface area contributed by atoms with Gasteiger partial charge in [-0.3, -0.25) is 19.2 Å². The molecule has 3 aromatic rings. The molecule has 0 aromatic heterocycles. The number of hydrogen-bond donors (Lipinski definition) is 5. The highest BCUT2D eigenvalue weighted by atomic mass is 16.7. The molecule has 0 saturated carbocycles. The second-order valence-corrected chi connectivity index (χ2v) is 12.3. The number of hydrogen-bond acceptors (Lipinski definition) is 13. The topological polar surface area (TPSA) is 212 Å². The first-order valence-corrected chi connectivity index (χ1v) is 15.4. The standard InChI is InChI=1S/C35H35NO12/c1-16-30(39)20(36)12-25(47-16)48-22-14-35(44,23(37)15-46-24(38)11-17-7-4-3-5-8-17)13-19-27(22)34(43)29-28(32(19)41)31(40)18-9-6-10-21(45-2)26(18)33(29)42/h3-10,16,20,22,25,30,39,41,43-44H,11-15,36H2,1-2H3/t16-,20-,22-,25+,30-,35+/m1/s1. The van der Waals surface area contributed by atoms with Gasteiger partial charge in [-0.1, -0.05) is 42.5 Å². The second kappa shape index (κ2) is 12.7. The van der Waals surface area contributed by atoms with Crippen LogP contribution in [0.2, 0.25) is 0 Å². The van der Waals surface area contributed by atoms with Crippen LogP contribution in [0.4, 0.5) is 0 Å². The molecule has 6 rings (SSSR count). The maximum atomic E-state index is 13.9. The van der Waals surface area contributed by atoms with Crippen LogP contribution in [0, 0.1) is 0 Å². The van der Waals surface area contributed by atoms with Crippen molar-refractivity contribution in [2.75, 3.05) is 13.7 Å². The van der Waals surface area contributed by atoms with E-state index in [9.17, 15) is 39.6 Å². The lowest BCUT2D eigenvalue weighted by atomic mass is 9.72. The van der Waals surface area contributed by atoms with Crippen LogP contribution in [0.5, 0.6) is 17.2 Å². The minimum absolute atomic E-state index is 0.0134. The lowest BCUT2D eigenvalue weighted by molar-refractivity contribution is -0.247. The fraction of sp³-hybridized carbons (Fsp3) is 0.371. The predicted molar refractivity (Wildman–Crippen MR) is 166 cm³/mol. The average Bonchev–Trinajstić information content (AvgIpc) is 3.06. The average molecular weight is 662 g/mol. The van der Waals surface area contributed by atoms with E-state index in [0.717, 1.165) is 0 Å². The Morgan fingerprint density at radius 1 is 1.00 bits per heavy atom. The summed E-state index contributed by atoms with van der Waals surface area (Å²) in [5.74, 6) is -4.55. The zero-order valence-electron chi connectivity index (χ0n) is 26.2. The number of aliphatic hydroxyl groups excluding tert-OH is 1. The summed E-state index contributed by atoms with van der Waals surface area (Å²) in [6.07, 6.45) is -5.54. The molecule has 0 radical (unpaired) electrons. The summed E-state index contributed by atoms with van der Waals surface area (Å²) in [4.78, 5) is 53.7. The van der Waals surface area contributed by atoms with Crippen LogP contribution in [0.1, 0.15) is 74.4 Å². The highest BCUT2D eigenvalue weighted by molar-refractivity contribution is 6.31. The second-order valence-electron chi connectivity index (χ2n) is 12.3. The highest BCUT2D eigenvalue weighted by Gasteiger charge is 2.50. The lowest BCUT2D eigenvalue weighted by Gasteiger charge is -2.42. The number of ketones is 3. The number of aliphatic hydroxyl groups is 2. The predicted octanol–water partition coefficient (Wildman–Crippen LogP) is 1.79. The van der Waals surface area contributed by atoms with E-state index in [1.54, 1.807) is 37.3 Å². The third-order valence-electron chi connectivity index (χ3n) is 9.22. The molecule has 0 amide bonds. The van der Waals surface area contributed by atoms with Crippen molar-refractivity contribution < 1.29 is 58.6 Å². The third kappa shape index (κ3) is 5.73. The number of carbonyl (C=O) groups is 4. The van der Waals surface area contributed by atoms with Crippen molar-refractivity contribution in [1.82, 2.24) is 0 Å². The van der Waals surface area contributed by atoms with Gasteiger partial charge in [-0.05, 0) is 18.6 Å². The smallest absolute Gasteiger partial charge is 0.310 e. The summed E-state index contributed by atoms with van der Waals surface area (Å²) in [5.41, 5.74) is 2.90. The van der Waals surface area contributed by atoms with Gasteiger partial charge in [-0.25, -0.2) is 0 Å². The van der Waals surface area contributed by atoms with Crippen LogP contribution in [0.3, 0.4) is 0 Å². The number of esters is 1. The Hall–Kier alpha value is -4.66. The van der Waals surface area contributed by atoms with E-state index in [2.05, 4.69) is 0 Å². The van der Waals surface area contributed by atoms with Gasteiger partial charge in [0, 0.05) is 42.0 Å². The van der Waals surface area contributed by atoms with Gasteiger partial charge in [0.05, 0.1) is 48.5 Å². The number of ether oxygens (including phenoxy) is 4. The van der Waals surface area contributed by atoms with E-state index in [4.69, 9.17) is 24.7 Å². The van der Waals surface area contributed by atoms with Crippen molar-refractivity contribution in [2.45, 2.75) is 68.9 Å². The number of nitrogens with two attached hydrogens (primary N) is 1. The molecule has 252 valence electrons. The van der Waals surface area contributed by atoms with Gasteiger partial charge in [0.1, 0.15) is 22.8 Å². The summed E-state index contributed by atoms with van der Waals surface area (Å²) in [5, 5.41) is 45.4. The number of aromatic hydroxyl groups is 2. The molecule has 0 spiro atoms. The lowest BCUT2D eigenvalue weighted by Crippen LogP contribution is -2.53. The number of rotatable bonds is 8. The van der Waals surface area contributed by atoms with Crippen molar-refractivity contribution in [3.8, 4) is 17.2 Å². The van der Waals surface area contributed by atoms with E-state index in [0.29, 0.717) is 5.56 Å². The zero-order valence-corrected chi connectivity index (χ0v) is 26.2. The van der Waals surface area contributed by atoms with Gasteiger partial charge < -0.3 is 45.1 Å². The summed E-state index contributed by atoms with van der Waals surface area (Å²) in [6.45, 7) is 0.758. The molecular formula is C35H35NO12. The quantitative estimate of drug-likeness (QED) is 0.135. The highest BCUT2D eigenvalue weighted by Crippen LogP contribution is 2.52. The first-order chi connectivity index (χ1) is 22.8. The molecule has 1 saturated heterocycles. The molecule has 2 aliphatic carbocycles. The molecule has 1 aliphatic heterocycles. The minimum atomic E-state index is -2.33. The van der Waals surface area contributed by atoms with Crippen LogP contribution in [-0.4, -0.2) is 87.6 Å². The summed E-state index contributed by atoms with van der Waals surface area (Å²) in [6, 6.07) is 12.3. The fourth-order valence-corrected chi connectivity index (χ4v) is 6.70. The molecule has 1 heterocycles. The number of carbonyl (C=O) groups excluding carboxylic acids is 4. The first-order valence-electron chi connectivity index (χ1n) is 15.4. The molecule has 6 N–H and O–H groups in total. The van der Waals surface area contributed by atoms with Gasteiger partial charge in [0.25, 0.3) is 0 Å². The number of phenols is 2. The van der Waals surface area contributed by atoms with Crippen molar-refractivity contribution in [3.05, 3.63) is 87.5 Å². The van der Waals surface area contributed by atoms with E-state index >= 15 is 0 Å². The molecule has 1 fully saturated rings. The Bertz CT molecular complexity index is 1790. The van der Waals surface area contributed by atoms with E-state index in [1.165, 1.54) is 25.3 Å². The Morgan fingerprint density at radius 3 is 2.40 bits per heavy atom. The summed E-state index contributed by atoms with van der Waals surface area (Å²) >= 11 is 0. The molecule has 13 nitrogen and oxygen atoms in total. The van der Waals surface area contributed by atoms with E-state index in [1.807, 2.05) is 0 Å². The van der Waals surface area contributed by atoms with Crippen LogP contribution in [-0.2, 0) is 36.6 Å². The van der Waals surface area contributed by atoms with Crippen molar-refractivity contribution in [1.29, 1.82) is 0 Å². The molecule has 0 unspecified atom stereocenters. The van der Waals surface area contributed by atoms with Gasteiger partial charge in [0.2, 0.25) is 11.6 Å². The van der Waals surface area contributed by atoms with Crippen LogP contribution < -0.4 is 10.5 Å². The Kier molecular flexibility index (Phi) is 8.83. The zero-order chi connectivity index (χ0) is 34.5. The van der Waals surface area contributed by atoms with E-state index in [-0.39, 0.29) is 40.8 Å². The number of fused-ring (bicyclic) bond motifs is 3. The maximum Gasteiger partial charge on any atom is 0.310 e. The number of Topliss-reactive ketones (excluding diaryl/α,β-unsaturated/α-hetero) is 1. The molecule has 3 aromatic carbocycles. The monoisotopic (exact) mass is 661 g/mol. The number of phenolic OH excluding ortho intramolecular Hbond substituents is 2. The SMILES string of the molecule is COc1cccc2c1C(=O)c1c(O)c3c(c(O)c1C2=O)C[C@@](O)(C(=O)COC(=O)Cc1ccccc1)C[C@H]3O[C@H]1C[C@@H](N)[C@H](O)[C@@H](C)O1. The molecule has 48 heavy (non-hydrogen) atoms. The largest absolute Gasteiger partial charge is 0.507 e. The van der Waals surface area contributed by atoms with Gasteiger partial charge >= 0.3 is 5.97 Å². The van der Waals surface area contributed by atoms with Crippen molar-refractivity contribution in [3.63, 3.8) is 0 Å². The van der Waals surface area contributed by atoms with E-state index < -0.39 is 102 Å². The molecule has 3 aliphatic rings. The molecule has 6 atom stereocenters. The fourth-order valence-electron chi connectivity index (χ4n) is 6.70. The van der Waals surface area contributed by atoms with Crippen molar-refractivity contribution in [2.24, 2.45) is 5.73 Å². The Labute approximate surface area is 274 Å². The van der Waals surface area contributed by atoms with Crippen LogP contribution in [0.25, 0.3) is 0 Å². The molecule has 13 heteroatoms. The number of methoxy groups -OCH3 is 1. The summed E-state index contributed by atoms with van der Waals surface area (Å²) < 4.78 is 22.5. The third-order valence-corrected chi connectivity index (χ3v) is 9.22. The normalized spacial score (nSPS) is 26.2. The molecule has 0 bridgehead atoms. The Balaban J connectivity index is 1.39. The van der Waals surface area contributed by atoms with Crippen molar-refractivity contribution >= 4 is 23.3 Å². The van der Waals surface area contributed by atoms with Gasteiger partial charge in [-0.15, -0.1) is 0 Å². The minimum Gasteiger partial charge on any atom is -0.507 e.